The maximum atomic E-state index is 13.2. The highest BCUT2D eigenvalue weighted by molar-refractivity contribution is 5.95. The smallest absolute Gasteiger partial charge is 0.219 e. The van der Waals surface area contributed by atoms with E-state index in [0.29, 0.717) is 18.0 Å². The van der Waals surface area contributed by atoms with E-state index < -0.39 is 0 Å². The lowest BCUT2D eigenvalue weighted by atomic mass is 10.2. The lowest BCUT2D eigenvalue weighted by Gasteiger charge is -2.05. The Kier molecular flexibility index (Phi) is 2.00. The molecule has 3 heteroatoms. The summed E-state index contributed by atoms with van der Waals surface area (Å²) in [4.78, 5) is 4.10. The van der Waals surface area contributed by atoms with E-state index in [2.05, 4.69) is 4.99 Å². The van der Waals surface area contributed by atoms with Gasteiger partial charge in [0.1, 0.15) is 11.9 Å². The molecule has 1 heterocycles. The minimum absolute atomic E-state index is 0.0645. The van der Waals surface area contributed by atoms with Gasteiger partial charge in [-0.3, -0.25) is 0 Å². The molecule has 1 aromatic carbocycles. The van der Waals surface area contributed by atoms with E-state index >= 15 is 0 Å². The van der Waals surface area contributed by atoms with Gasteiger partial charge in [0.15, 0.2) is 0 Å². The van der Waals surface area contributed by atoms with Crippen molar-refractivity contribution in [3.05, 3.63) is 35.6 Å². The minimum atomic E-state index is -0.282. The summed E-state index contributed by atoms with van der Waals surface area (Å²) in [6.07, 6.45) is 0.0645. The summed E-state index contributed by atoms with van der Waals surface area (Å²) >= 11 is 0. The Bertz CT molecular complexity index is 349. The summed E-state index contributed by atoms with van der Waals surface area (Å²) in [7, 11) is 0. The van der Waals surface area contributed by atoms with Crippen LogP contribution in [0.5, 0.6) is 0 Å². The Morgan fingerprint density at radius 3 is 2.85 bits per heavy atom. The summed E-state index contributed by atoms with van der Waals surface area (Å²) in [5.41, 5.74) is 0.451. The summed E-state index contributed by atoms with van der Waals surface area (Å²) in [6, 6.07) is 6.50. The Morgan fingerprint density at radius 2 is 2.23 bits per heavy atom. The van der Waals surface area contributed by atoms with Gasteiger partial charge in [0.25, 0.3) is 0 Å². The number of aliphatic imine (C=N–C) groups is 1. The normalized spacial score (nSPS) is 21.1. The molecule has 0 radical (unpaired) electrons. The summed E-state index contributed by atoms with van der Waals surface area (Å²) in [5, 5.41) is 0. The van der Waals surface area contributed by atoms with E-state index in [9.17, 15) is 4.39 Å². The second-order valence-electron chi connectivity index (χ2n) is 3.05. The largest absolute Gasteiger partial charge is 0.472 e. The fourth-order valence-corrected chi connectivity index (χ4v) is 1.26. The Hall–Kier alpha value is -1.38. The van der Waals surface area contributed by atoms with Crippen molar-refractivity contribution < 1.29 is 9.13 Å². The Balaban J connectivity index is 2.31. The molecule has 0 N–H and O–H groups in total. The molecule has 1 unspecified atom stereocenters. The molecule has 1 aliphatic heterocycles. The number of nitrogens with zero attached hydrogens (tertiary/aromatic N) is 1. The van der Waals surface area contributed by atoms with Crippen LogP contribution in [0.2, 0.25) is 0 Å². The van der Waals surface area contributed by atoms with Gasteiger partial charge in [-0.05, 0) is 19.1 Å². The standard InChI is InChI=1S/C10H10FNO/c1-7-6-12-10(13-7)8-4-2-3-5-9(8)11/h2-5,7H,6H2,1H3. The average molecular weight is 179 g/mol. The van der Waals surface area contributed by atoms with E-state index in [-0.39, 0.29) is 11.9 Å². The molecule has 0 bridgehead atoms. The molecule has 2 rings (SSSR count). The molecule has 1 aliphatic rings. The zero-order valence-electron chi connectivity index (χ0n) is 7.33. The fraction of sp³-hybridized carbons (Fsp3) is 0.300. The molecule has 0 aromatic heterocycles. The number of rotatable bonds is 1. The first-order valence-electron chi connectivity index (χ1n) is 4.23. The molecule has 13 heavy (non-hydrogen) atoms. The number of hydrogen-bond donors (Lipinski definition) is 0. The maximum Gasteiger partial charge on any atom is 0.219 e. The van der Waals surface area contributed by atoms with Gasteiger partial charge in [0.2, 0.25) is 5.90 Å². The molecule has 0 fully saturated rings. The third-order valence-corrected chi connectivity index (χ3v) is 1.91. The number of halogens is 1. The topological polar surface area (TPSA) is 21.6 Å². The molecule has 0 saturated heterocycles. The van der Waals surface area contributed by atoms with Crippen LogP contribution in [0.1, 0.15) is 12.5 Å². The predicted molar refractivity (Wildman–Crippen MR) is 48.4 cm³/mol. The van der Waals surface area contributed by atoms with Gasteiger partial charge in [-0.1, -0.05) is 12.1 Å². The molecular formula is C10H10FNO. The second-order valence-corrected chi connectivity index (χ2v) is 3.05. The third-order valence-electron chi connectivity index (χ3n) is 1.91. The number of hydrogen-bond acceptors (Lipinski definition) is 2. The summed E-state index contributed by atoms with van der Waals surface area (Å²) in [6.45, 7) is 2.53. The van der Waals surface area contributed by atoms with Crippen molar-refractivity contribution in [2.24, 2.45) is 4.99 Å². The third kappa shape index (κ3) is 1.54. The zero-order chi connectivity index (χ0) is 9.26. The second kappa shape index (κ2) is 3.17. The quantitative estimate of drug-likeness (QED) is 0.646. The van der Waals surface area contributed by atoms with Crippen LogP contribution in [0, 0.1) is 5.82 Å². The monoisotopic (exact) mass is 179 g/mol. The molecule has 68 valence electrons. The molecule has 0 amide bonds. The maximum absolute atomic E-state index is 13.2. The van der Waals surface area contributed by atoms with Crippen molar-refractivity contribution in [3.8, 4) is 0 Å². The van der Waals surface area contributed by atoms with E-state index in [1.165, 1.54) is 6.07 Å². The van der Waals surface area contributed by atoms with E-state index in [1.54, 1.807) is 18.2 Å². The van der Waals surface area contributed by atoms with Crippen molar-refractivity contribution in [2.75, 3.05) is 6.54 Å². The highest BCUT2D eigenvalue weighted by atomic mass is 19.1. The van der Waals surface area contributed by atoms with Crippen LogP contribution in [0.25, 0.3) is 0 Å². The van der Waals surface area contributed by atoms with Crippen LogP contribution in [0.15, 0.2) is 29.3 Å². The van der Waals surface area contributed by atoms with Gasteiger partial charge in [0.05, 0.1) is 12.1 Å². The minimum Gasteiger partial charge on any atom is -0.472 e. The van der Waals surface area contributed by atoms with Gasteiger partial charge in [0, 0.05) is 0 Å². The number of benzene rings is 1. The SMILES string of the molecule is CC1CN=C(c2ccccc2F)O1. The number of ether oxygens (including phenoxy) is 1. The van der Waals surface area contributed by atoms with Crippen LogP contribution in [0.3, 0.4) is 0 Å². The molecule has 0 spiro atoms. The summed E-state index contributed by atoms with van der Waals surface area (Å²) in [5.74, 6) is 0.140. The van der Waals surface area contributed by atoms with Crippen LogP contribution in [0.4, 0.5) is 4.39 Å². The highest BCUT2D eigenvalue weighted by Crippen LogP contribution is 2.14. The van der Waals surface area contributed by atoms with Crippen LogP contribution >= 0.6 is 0 Å². The molecule has 0 saturated carbocycles. The van der Waals surface area contributed by atoms with Gasteiger partial charge in [-0.25, -0.2) is 9.38 Å². The van der Waals surface area contributed by atoms with Crippen LogP contribution in [-0.2, 0) is 4.74 Å². The highest BCUT2D eigenvalue weighted by Gasteiger charge is 2.18. The van der Waals surface area contributed by atoms with E-state index in [4.69, 9.17) is 4.74 Å². The molecule has 2 nitrogen and oxygen atoms in total. The first kappa shape index (κ1) is 8.23. The van der Waals surface area contributed by atoms with Crippen molar-refractivity contribution in [2.45, 2.75) is 13.0 Å². The summed E-state index contributed by atoms with van der Waals surface area (Å²) < 4.78 is 18.5. The van der Waals surface area contributed by atoms with Gasteiger partial charge >= 0.3 is 0 Å². The lowest BCUT2D eigenvalue weighted by Crippen LogP contribution is -2.09. The van der Waals surface area contributed by atoms with Crippen LogP contribution < -0.4 is 0 Å². The van der Waals surface area contributed by atoms with E-state index in [0.717, 1.165) is 0 Å². The molecule has 0 aliphatic carbocycles. The van der Waals surface area contributed by atoms with Crippen molar-refractivity contribution >= 4 is 5.90 Å². The Morgan fingerprint density at radius 1 is 1.46 bits per heavy atom. The molecular weight excluding hydrogens is 169 g/mol. The molecule has 1 aromatic rings. The average Bonchev–Trinajstić information content (AvgIpc) is 2.53. The lowest BCUT2D eigenvalue weighted by molar-refractivity contribution is 0.245. The fourth-order valence-electron chi connectivity index (χ4n) is 1.26. The molecule has 1 atom stereocenters. The van der Waals surface area contributed by atoms with Gasteiger partial charge < -0.3 is 4.74 Å². The predicted octanol–water partition coefficient (Wildman–Crippen LogP) is 1.99. The van der Waals surface area contributed by atoms with Crippen molar-refractivity contribution in [3.63, 3.8) is 0 Å². The van der Waals surface area contributed by atoms with E-state index in [1.807, 2.05) is 6.92 Å². The first-order valence-corrected chi connectivity index (χ1v) is 4.23. The van der Waals surface area contributed by atoms with Crippen molar-refractivity contribution in [1.29, 1.82) is 0 Å². The van der Waals surface area contributed by atoms with Gasteiger partial charge in [-0.15, -0.1) is 0 Å². The Labute approximate surface area is 76.1 Å². The van der Waals surface area contributed by atoms with Crippen molar-refractivity contribution in [1.82, 2.24) is 0 Å². The zero-order valence-corrected chi connectivity index (χ0v) is 7.33. The van der Waals surface area contributed by atoms with Crippen LogP contribution in [-0.4, -0.2) is 18.5 Å². The first-order chi connectivity index (χ1) is 6.27. The van der Waals surface area contributed by atoms with Gasteiger partial charge in [-0.2, -0.15) is 0 Å².